The summed E-state index contributed by atoms with van der Waals surface area (Å²) in [6.45, 7) is 5.04. The Morgan fingerprint density at radius 1 is 1.08 bits per heavy atom. The lowest BCUT2D eigenvalue weighted by molar-refractivity contribution is -0.131. The van der Waals surface area contributed by atoms with Gasteiger partial charge in [-0.15, -0.1) is 0 Å². The largest absolute Gasteiger partial charge is 0.454 e. The number of rotatable bonds is 8. The molecule has 5 nitrogen and oxygen atoms in total. The van der Waals surface area contributed by atoms with Gasteiger partial charge >= 0.3 is 0 Å². The number of benzene rings is 2. The van der Waals surface area contributed by atoms with Crippen molar-refractivity contribution in [3.05, 3.63) is 59.7 Å². The fraction of sp³-hybridized carbons (Fsp3) is 0.350. The van der Waals surface area contributed by atoms with E-state index in [4.69, 9.17) is 9.47 Å². The molecular formula is C20H24N2O3. The molecule has 2 aromatic rings. The van der Waals surface area contributed by atoms with E-state index in [2.05, 4.69) is 5.32 Å². The summed E-state index contributed by atoms with van der Waals surface area (Å²) in [6, 6.07) is 16.0. The third-order valence-corrected chi connectivity index (χ3v) is 4.23. The molecule has 0 fully saturated rings. The van der Waals surface area contributed by atoms with Crippen LogP contribution >= 0.6 is 0 Å². The summed E-state index contributed by atoms with van der Waals surface area (Å²) >= 11 is 0. The predicted octanol–water partition coefficient (Wildman–Crippen LogP) is 2.94. The van der Waals surface area contributed by atoms with Crippen molar-refractivity contribution >= 4 is 5.91 Å². The van der Waals surface area contributed by atoms with Crippen LogP contribution in [0, 0.1) is 0 Å². The topological polar surface area (TPSA) is 50.8 Å². The molecule has 25 heavy (non-hydrogen) atoms. The van der Waals surface area contributed by atoms with E-state index in [0.717, 1.165) is 29.2 Å². The van der Waals surface area contributed by atoms with E-state index in [1.54, 1.807) is 0 Å². The second-order valence-corrected chi connectivity index (χ2v) is 6.01. The molecule has 0 spiro atoms. The number of ether oxygens (including phenoxy) is 2. The normalized spacial score (nSPS) is 12.2. The predicted molar refractivity (Wildman–Crippen MR) is 96.4 cm³/mol. The third-order valence-electron chi connectivity index (χ3n) is 4.23. The van der Waals surface area contributed by atoms with Gasteiger partial charge in [0, 0.05) is 32.6 Å². The Labute approximate surface area is 148 Å². The number of fused-ring (bicyclic) bond motifs is 1. The van der Waals surface area contributed by atoms with Gasteiger partial charge in [0.05, 0.1) is 0 Å². The molecule has 0 atom stereocenters. The van der Waals surface area contributed by atoms with E-state index in [-0.39, 0.29) is 12.7 Å². The van der Waals surface area contributed by atoms with Crippen LogP contribution in [-0.4, -0.2) is 30.7 Å². The first kappa shape index (κ1) is 17.3. The summed E-state index contributed by atoms with van der Waals surface area (Å²) < 4.78 is 10.7. The first-order chi connectivity index (χ1) is 12.3. The molecule has 1 N–H and O–H groups in total. The van der Waals surface area contributed by atoms with Crippen molar-refractivity contribution in [2.45, 2.75) is 26.4 Å². The zero-order valence-electron chi connectivity index (χ0n) is 14.5. The van der Waals surface area contributed by atoms with Crippen LogP contribution < -0.4 is 14.8 Å². The molecule has 1 aliphatic heterocycles. The Kier molecular flexibility index (Phi) is 5.90. The van der Waals surface area contributed by atoms with Crippen molar-refractivity contribution in [2.75, 3.05) is 19.9 Å². The van der Waals surface area contributed by atoms with Crippen molar-refractivity contribution in [1.29, 1.82) is 0 Å². The first-order valence-corrected chi connectivity index (χ1v) is 8.67. The fourth-order valence-electron chi connectivity index (χ4n) is 2.82. The van der Waals surface area contributed by atoms with E-state index in [9.17, 15) is 4.79 Å². The Balaban J connectivity index is 1.42. The van der Waals surface area contributed by atoms with Crippen molar-refractivity contribution in [3.8, 4) is 11.5 Å². The zero-order valence-corrected chi connectivity index (χ0v) is 14.5. The van der Waals surface area contributed by atoms with Crippen molar-refractivity contribution in [2.24, 2.45) is 0 Å². The molecule has 0 saturated carbocycles. The van der Waals surface area contributed by atoms with E-state index in [1.165, 1.54) is 0 Å². The average molecular weight is 340 g/mol. The van der Waals surface area contributed by atoms with Crippen LogP contribution in [0.3, 0.4) is 0 Å². The van der Waals surface area contributed by atoms with Crippen LogP contribution in [-0.2, 0) is 17.9 Å². The quantitative estimate of drug-likeness (QED) is 0.751. The van der Waals surface area contributed by atoms with Gasteiger partial charge in [-0.2, -0.15) is 0 Å². The maximum atomic E-state index is 12.4. The minimum absolute atomic E-state index is 0.171. The van der Waals surface area contributed by atoms with Gasteiger partial charge in [0.15, 0.2) is 11.5 Å². The highest BCUT2D eigenvalue weighted by Crippen LogP contribution is 2.32. The third kappa shape index (κ3) is 4.73. The zero-order chi connectivity index (χ0) is 17.5. The van der Waals surface area contributed by atoms with Crippen LogP contribution in [0.25, 0.3) is 0 Å². The van der Waals surface area contributed by atoms with Crippen LogP contribution in [0.15, 0.2) is 48.5 Å². The average Bonchev–Trinajstić information content (AvgIpc) is 3.11. The van der Waals surface area contributed by atoms with Crippen molar-refractivity contribution in [1.82, 2.24) is 10.2 Å². The minimum Gasteiger partial charge on any atom is -0.454 e. The van der Waals surface area contributed by atoms with Crippen molar-refractivity contribution < 1.29 is 14.3 Å². The summed E-state index contributed by atoms with van der Waals surface area (Å²) in [5.41, 5.74) is 2.28. The molecule has 0 aromatic heterocycles. The van der Waals surface area contributed by atoms with Gasteiger partial charge < -0.3 is 19.7 Å². The maximum absolute atomic E-state index is 12.4. The van der Waals surface area contributed by atoms with Crippen molar-refractivity contribution in [3.63, 3.8) is 0 Å². The lowest BCUT2D eigenvalue weighted by Crippen LogP contribution is -2.32. The molecule has 2 aromatic carbocycles. The summed E-state index contributed by atoms with van der Waals surface area (Å²) in [7, 11) is 0. The second-order valence-electron chi connectivity index (χ2n) is 6.01. The summed E-state index contributed by atoms with van der Waals surface area (Å²) in [6.07, 6.45) is 0.491. The summed E-state index contributed by atoms with van der Waals surface area (Å²) in [5.74, 6) is 1.75. The highest BCUT2D eigenvalue weighted by Gasteiger charge is 2.14. The first-order valence-electron chi connectivity index (χ1n) is 8.67. The number of hydrogen-bond donors (Lipinski definition) is 1. The molecule has 1 heterocycles. The highest BCUT2D eigenvalue weighted by atomic mass is 16.7. The Hall–Kier alpha value is -2.53. The van der Waals surface area contributed by atoms with Gasteiger partial charge in [0.2, 0.25) is 12.7 Å². The Bertz CT molecular complexity index is 703. The highest BCUT2D eigenvalue weighted by molar-refractivity contribution is 5.76. The van der Waals surface area contributed by atoms with Gasteiger partial charge in [0.1, 0.15) is 0 Å². The number of nitrogens with zero attached hydrogens (tertiary/aromatic N) is 1. The van der Waals surface area contributed by atoms with Gasteiger partial charge in [-0.3, -0.25) is 4.79 Å². The molecule has 0 radical (unpaired) electrons. The van der Waals surface area contributed by atoms with Gasteiger partial charge in [0.25, 0.3) is 0 Å². The molecule has 0 bridgehead atoms. The van der Waals surface area contributed by atoms with Crippen LogP contribution in [0.4, 0.5) is 0 Å². The number of carbonyl (C=O) groups excluding carboxylic acids is 1. The lowest BCUT2D eigenvalue weighted by atomic mass is 10.2. The molecule has 0 unspecified atom stereocenters. The summed E-state index contributed by atoms with van der Waals surface area (Å²) in [5, 5.41) is 3.32. The number of hydrogen-bond acceptors (Lipinski definition) is 4. The lowest BCUT2D eigenvalue weighted by Gasteiger charge is -2.21. The molecule has 5 heteroatoms. The standard InChI is InChI=1S/C20H24N2O3/c1-2-22(14-16-6-4-3-5-7-16)20(23)10-11-21-13-17-8-9-18-19(12-17)25-15-24-18/h3-9,12,21H,2,10-11,13-15H2,1H3. The molecule has 132 valence electrons. The van der Waals surface area contributed by atoms with E-state index >= 15 is 0 Å². The smallest absolute Gasteiger partial charge is 0.231 e. The van der Waals surface area contributed by atoms with Gasteiger partial charge in [-0.25, -0.2) is 0 Å². The molecule has 0 saturated heterocycles. The number of amides is 1. The Morgan fingerprint density at radius 2 is 1.88 bits per heavy atom. The van der Waals surface area contributed by atoms with E-state index < -0.39 is 0 Å². The Morgan fingerprint density at radius 3 is 2.68 bits per heavy atom. The second kappa shape index (κ2) is 8.53. The fourth-order valence-corrected chi connectivity index (χ4v) is 2.82. The monoisotopic (exact) mass is 340 g/mol. The molecule has 3 rings (SSSR count). The molecular weight excluding hydrogens is 316 g/mol. The van der Waals surface area contributed by atoms with Gasteiger partial charge in [-0.1, -0.05) is 36.4 Å². The number of nitrogens with one attached hydrogen (secondary N) is 1. The molecule has 1 amide bonds. The van der Waals surface area contributed by atoms with E-state index in [1.807, 2.05) is 60.4 Å². The van der Waals surface area contributed by atoms with Crippen LogP contribution in [0.5, 0.6) is 11.5 Å². The van der Waals surface area contributed by atoms with E-state index in [0.29, 0.717) is 26.1 Å². The van der Waals surface area contributed by atoms with Crippen LogP contribution in [0.1, 0.15) is 24.5 Å². The summed E-state index contributed by atoms with van der Waals surface area (Å²) in [4.78, 5) is 14.3. The molecule has 1 aliphatic rings. The molecule has 0 aliphatic carbocycles. The minimum atomic E-state index is 0.171. The van der Waals surface area contributed by atoms with Gasteiger partial charge in [-0.05, 0) is 30.2 Å². The maximum Gasteiger partial charge on any atom is 0.231 e. The SMILES string of the molecule is CCN(Cc1ccccc1)C(=O)CCNCc1ccc2c(c1)OCO2. The van der Waals surface area contributed by atoms with Crippen LogP contribution in [0.2, 0.25) is 0 Å². The number of carbonyl (C=O) groups is 1.